The first kappa shape index (κ1) is 20.9. The molecule has 0 fully saturated rings. The molecular formula is C23H21Cl2NO4. The Kier molecular flexibility index (Phi) is 5.85. The van der Waals surface area contributed by atoms with Crippen molar-refractivity contribution in [2.45, 2.75) is 39.2 Å². The summed E-state index contributed by atoms with van der Waals surface area (Å²) in [4.78, 5) is 28.2. The molecule has 1 atom stereocenters. The molecule has 0 amide bonds. The van der Waals surface area contributed by atoms with Crippen LogP contribution in [-0.4, -0.2) is 23.3 Å². The summed E-state index contributed by atoms with van der Waals surface area (Å²) < 4.78 is 10.8. The number of rotatable bonds is 6. The van der Waals surface area contributed by atoms with Gasteiger partial charge in [0.25, 0.3) is 0 Å². The number of carbonyl (C=O) groups excluding carboxylic acids is 2. The normalized spacial score (nSPS) is 19.7. The van der Waals surface area contributed by atoms with Crippen molar-refractivity contribution in [1.29, 1.82) is 0 Å². The largest absolute Gasteiger partial charge is 0.480 e. The van der Waals surface area contributed by atoms with Crippen molar-refractivity contribution in [3.8, 4) is 5.75 Å². The molecule has 2 aliphatic rings. The third kappa shape index (κ3) is 3.84. The van der Waals surface area contributed by atoms with E-state index in [1.54, 1.807) is 24.4 Å². The lowest BCUT2D eigenvalue weighted by molar-refractivity contribution is -0.147. The maximum Gasteiger partial charge on any atom is 0.344 e. The average molecular weight is 446 g/mol. The monoisotopic (exact) mass is 445 g/mol. The average Bonchev–Trinajstić information content (AvgIpc) is 3.08. The van der Waals surface area contributed by atoms with Crippen molar-refractivity contribution in [2.24, 2.45) is 5.41 Å². The molecule has 0 aliphatic heterocycles. The van der Waals surface area contributed by atoms with E-state index in [-0.39, 0.29) is 29.4 Å². The number of halogens is 2. The van der Waals surface area contributed by atoms with Gasteiger partial charge in [0.1, 0.15) is 17.4 Å². The standard InChI is InChI=1S/C23H21Cl2NO4/c1-2-23-7-6-16(27)10-17(23)20-14(11-23)9-18(21(24)22(20)25)29-13-19(28)30-12-15-5-3-4-8-26-15/h3-5,8-10H,2,6-7,11-13H2,1H3. The summed E-state index contributed by atoms with van der Waals surface area (Å²) >= 11 is 13.1. The summed E-state index contributed by atoms with van der Waals surface area (Å²) in [5.41, 5.74) is 3.36. The van der Waals surface area contributed by atoms with Crippen molar-refractivity contribution in [2.75, 3.05) is 6.61 Å². The number of aromatic nitrogens is 1. The van der Waals surface area contributed by atoms with Gasteiger partial charge in [-0.25, -0.2) is 4.79 Å². The third-order valence-corrected chi connectivity index (χ3v) is 6.76. The zero-order valence-corrected chi connectivity index (χ0v) is 18.1. The van der Waals surface area contributed by atoms with E-state index in [0.717, 1.165) is 36.0 Å². The molecule has 0 spiro atoms. The number of carbonyl (C=O) groups is 2. The number of esters is 1. The Hall–Kier alpha value is -2.37. The minimum absolute atomic E-state index is 0.0723. The van der Waals surface area contributed by atoms with Crippen LogP contribution in [0.25, 0.3) is 5.57 Å². The maximum absolute atomic E-state index is 12.1. The Morgan fingerprint density at radius 2 is 2.10 bits per heavy atom. The van der Waals surface area contributed by atoms with Crippen molar-refractivity contribution in [1.82, 2.24) is 4.98 Å². The lowest BCUT2D eigenvalue weighted by atomic mass is 9.71. The fourth-order valence-electron chi connectivity index (χ4n) is 4.27. The van der Waals surface area contributed by atoms with Crippen LogP contribution in [0.2, 0.25) is 10.0 Å². The summed E-state index contributed by atoms with van der Waals surface area (Å²) in [5.74, 6) is -0.0718. The second kappa shape index (κ2) is 8.40. The maximum atomic E-state index is 12.1. The first-order valence-electron chi connectivity index (χ1n) is 9.88. The fourth-order valence-corrected chi connectivity index (χ4v) is 4.79. The number of hydrogen-bond acceptors (Lipinski definition) is 5. The SMILES string of the molecule is CCC12CCC(=O)C=C1c1c(cc(OCC(=O)OCc3ccccn3)c(Cl)c1Cl)C2. The molecular weight excluding hydrogens is 425 g/mol. The Balaban J connectivity index is 1.51. The Labute approximate surface area is 185 Å². The quantitative estimate of drug-likeness (QED) is 0.570. The van der Waals surface area contributed by atoms with Gasteiger partial charge in [0, 0.05) is 23.6 Å². The van der Waals surface area contributed by atoms with Gasteiger partial charge in [-0.05, 0) is 54.7 Å². The molecule has 1 heterocycles. The van der Waals surface area contributed by atoms with Crippen LogP contribution in [0.1, 0.15) is 43.0 Å². The second-order valence-electron chi connectivity index (χ2n) is 7.64. The zero-order valence-electron chi connectivity index (χ0n) is 16.5. The van der Waals surface area contributed by atoms with Crippen LogP contribution in [0.3, 0.4) is 0 Å². The number of nitrogens with zero attached hydrogens (tertiary/aromatic N) is 1. The first-order valence-corrected chi connectivity index (χ1v) is 10.6. The van der Waals surface area contributed by atoms with E-state index < -0.39 is 5.97 Å². The van der Waals surface area contributed by atoms with Crippen molar-refractivity contribution >= 4 is 40.5 Å². The molecule has 5 nitrogen and oxygen atoms in total. The van der Waals surface area contributed by atoms with E-state index in [0.29, 0.717) is 22.9 Å². The lowest BCUT2D eigenvalue weighted by Crippen LogP contribution is -2.24. The van der Waals surface area contributed by atoms with E-state index in [2.05, 4.69) is 11.9 Å². The highest BCUT2D eigenvalue weighted by Crippen LogP contribution is 2.57. The summed E-state index contributed by atoms with van der Waals surface area (Å²) in [6.45, 7) is 1.91. The summed E-state index contributed by atoms with van der Waals surface area (Å²) in [7, 11) is 0. The summed E-state index contributed by atoms with van der Waals surface area (Å²) in [5, 5.41) is 0.598. The molecule has 0 saturated heterocycles. The predicted octanol–water partition coefficient (Wildman–Crippen LogP) is 5.21. The van der Waals surface area contributed by atoms with Gasteiger partial charge in [0.05, 0.1) is 10.7 Å². The number of ketones is 1. The number of benzene rings is 1. The van der Waals surface area contributed by atoms with Crippen LogP contribution >= 0.6 is 23.2 Å². The topological polar surface area (TPSA) is 65.5 Å². The molecule has 7 heteroatoms. The first-order chi connectivity index (χ1) is 14.4. The Bertz CT molecular complexity index is 1040. The van der Waals surface area contributed by atoms with E-state index >= 15 is 0 Å². The van der Waals surface area contributed by atoms with Crippen molar-refractivity contribution < 1.29 is 19.1 Å². The Morgan fingerprint density at radius 3 is 2.83 bits per heavy atom. The predicted molar refractivity (Wildman–Crippen MR) is 115 cm³/mol. The summed E-state index contributed by atoms with van der Waals surface area (Å²) in [6.07, 6.45) is 6.38. The molecule has 2 aromatic rings. The highest BCUT2D eigenvalue weighted by Gasteiger charge is 2.44. The smallest absolute Gasteiger partial charge is 0.344 e. The zero-order chi connectivity index (χ0) is 21.3. The van der Waals surface area contributed by atoms with Gasteiger partial charge in [0.15, 0.2) is 12.4 Å². The number of hydrogen-bond donors (Lipinski definition) is 0. The number of ether oxygens (including phenoxy) is 2. The fraction of sp³-hybridized carbons (Fsp3) is 0.348. The minimum atomic E-state index is -0.527. The molecule has 4 rings (SSSR count). The van der Waals surface area contributed by atoms with Crippen molar-refractivity contribution in [3.63, 3.8) is 0 Å². The molecule has 1 aromatic heterocycles. The molecule has 156 valence electrons. The highest BCUT2D eigenvalue weighted by molar-refractivity contribution is 6.44. The van der Waals surface area contributed by atoms with Crippen LogP contribution in [0.4, 0.5) is 0 Å². The van der Waals surface area contributed by atoms with E-state index in [1.165, 1.54) is 0 Å². The van der Waals surface area contributed by atoms with Gasteiger partial charge in [-0.15, -0.1) is 0 Å². The molecule has 2 aliphatic carbocycles. The van der Waals surface area contributed by atoms with Gasteiger partial charge < -0.3 is 9.47 Å². The molecule has 1 unspecified atom stereocenters. The van der Waals surface area contributed by atoms with E-state index in [1.807, 2.05) is 12.1 Å². The number of allylic oxidation sites excluding steroid dienone is 2. The molecule has 30 heavy (non-hydrogen) atoms. The highest BCUT2D eigenvalue weighted by atomic mass is 35.5. The lowest BCUT2D eigenvalue weighted by Gasteiger charge is -2.32. The molecule has 1 aromatic carbocycles. The van der Waals surface area contributed by atoms with Crippen LogP contribution in [0, 0.1) is 5.41 Å². The summed E-state index contributed by atoms with van der Waals surface area (Å²) in [6, 6.07) is 7.21. The number of fused-ring (bicyclic) bond motifs is 3. The second-order valence-corrected chi connectivity index (χ2v) is 8.40. The van der Waals surface area contributed by atoms with Crippen LogP contribution in [0.15, 0.2) is 36.5 Å². The van der Waals surface area contributed by atoms with Gasteiger partial charge >= 0.3 is 5.97 Å². The van der Waals surface area contributed by atoms with Gasteiger partial charge in [0.2, 0.25) is 0 Å². The van der Waals surface area contributed by atoms with E-state index in [9.17, 15) is 9.59 Å². The van der Waals surface area contributed by atoms with Crippen LogP contribution < -0.4 is 4.74 Å². The third-order valence-electron chi connectivity index (χ3n) is 5.91. The van der Waals surface area contributed by atoms with Crippen molar-refractivity contribution in [3.05, 3.63) is 63.4 Å². The van der Waals surface area contributed by atoms with Gasteiger partial charge in [-0.3, -0.25) is 9.78 Å². The molecule has 0 bridgehead atoms. The number of pyridine rings is 1. The Morgan fingerprint density at radius 1 is 1.27 bits per heavy atom. The van der Waals surface area contributed by atoms with E-state index in [4.69, 9.17) is 32.7 Å². The van der Waals surface area contributed by atoms with Gasteiger partial charge in [-0.1, -0.05) is 36.2 Å². The molecule has 0 N–H and O–H groups in total. The molecule has 0 saturated carbocycles. The van der Waals surface area contributed by atoms with Gasteiger partial charge in [-0.2, -0.15) is 0 Å². The van der Waals surface area contributed by atoms with Crippen LogP contribution in [0.5, 0.6) is 5.75 Å². The minimum Gasteiger partial charge on any atom is -0.480 e. The van der Waals surface area contributed by atoms with Crippen LogP contribution in [-0.2, 0) is 27.4 Å². The molecule has 0 radical (unpaired) electrons.